The molecule has 2 unspecified atom stereocenters. The van der Waals surface area contributed by atoms with Gasteiger partial charge in [0.2, 0.25) is 0 Å². The highest BCUT2D eigenvalue weighted by atomic mass is 127. The molecule has 0 aromatic heterocycles. The van der Waals surface area contributed by atoms with Crippen LogP contribution in [0.5, 0.6) is 0 Å². The Hall–Kier alpha value is 0.690. The first-order valence-corrected chi connectivity index (χ1v) is 10.6. The maximum Gasteiger partial charge on any atom is 0.0775 e. The summed E-state index contributed by atoms with van der Waals surface area (Å²) in [6, 6.07) is 0. The molecule has 0 saturated heterocycles. The van der Waals surface area contributed by atoms with Crippen LogP contribution in [0, 0.1) is 17.3 Å². The summed E-state index contributed by atoms with van der Waals surface area (Å²) in [7, 11) is 0. The zero-order valence-electron chi connectivity index (χ0n) is 14.6. The predicted molar refractivity (Wildman–Crippen MR) is 100 cm³/mol. The molecule has 2 aliphatic carbocycles. The van der Waals surface area contributed by atoms with Crippen molar-refractivity contribution in [2.24, 2.45) is 17.3 Å². The highest BCUT2D eigenvalue weighted by Crippen LogP contribution is 2.45. The number of rotatable bonds is 4. The van der Waals surface area contributed by atoms with Crippen LogP contribution >= 0.6 is 22.6 Å². The van der Waals surface area contributed by atoms with Crippen molar-refractivity contribution in [1.29, 1.82) is 0 Å². The van der Waals surface area contributed by atoms with Crippen LogP contribution in [0.4, 0.5) is 0 Å². The molecule has 2 atom stereocenters. The fourth-order valence-electron chi connectivity index (χ4n) is 4.37. The van der Waals surface area contributed by atoms with E-state index in [-0.39, 0.29) is 5.60 Å². The molecule has 2 fully saturated rings. The molecule has 0 bridgehead atoms. The lowest BCUT2D eigenvalue weighted by Crippen LogP contribution is -2.44. The lowest BCUT2D eigenvalue weighted by molar-refractivity contribution is -0.124. The molecular weight excluding hydrogens is 371 g/mol. The molecule has 0 radical (unpaired) electrons. The summed E-state index contributed by atoms with van der Waals surface area (Å²) in [6.07, 6.45) is 12.6. The molecule has 124 valence electrons. The standard InChI is InChI=1S/C19H35IO/c1-5-15-7-6-8-17(13-15)21-19(14-20)11-9-16(10-12-19)18(2,3)4/h15-17H,5-14H2,1-4H3. The Labute approximate surface area is 146 Å². The zero-order chi connectivity index (χ0) is 15.5. The summed E-state index contributed by atoms with van der Waals surface area (Å²) in [5, 5.41) is 0. The Morgan fingerprint density at radius 2 is 1.76 bits per heavy atom. The summed E-state index contributed by atoms with van der Waals surface area (Å²) < 4.78 is 7.93. The second-order valence-electron chi connectivity index (χ2n) is 8.64. The molecule has 2 heteroatoms. The van der Waals surface area contributed by atoms with E-state index in [0.29, 0.717) is 11.5 Å². The zero-order valence-corrected chi connectivity index (χ0v) is 16.7. The third kappa shape index (κ3) is 4.83. The van der Waals surface area contributed by atoms with E-state index in [1.807, 2.05) is 0 Å². The number of halogens is 1. The second-order valence-corrected chi connectivity index (χ2v) is 9.40. The smallest absolute Gasteiger partial charge is 0.0775 e. The van der Waals surface area contributed by atoms with Gasteiger partial charge in [-0.25, -0.2) is 0 Å². The maximum absolute atomic E-state index is 6.75. The highest BCUT2D eigenvalue weighted by Gasteiger charge is 2.40. The van der Waals surface area contributed by atoms with Crippen molar-refractivity contribution >= 4 is 22.6 Å². The fourth-order valence-corrected chi connectivity index (χ4v) is 5.31. The molecule has 0 spiro atoms. The molecule has 2 saturated carbocycles. The fraction of sp³-hybridized carbons (Fsp3) is 1.00. The van der Waals surface area contributed by atoms with Crippen molar-refractivity contribution in [3.63, 3.8) is 0 Å². The van der Waals surface area contributed by atoms with Crippen molar-refractivity contribution in [1.82, 2.24) is 0 Å². The first-order chi connectivity index (χ1) is 9.88. The van der Waals surface area contributed by atoms with Crippen molar-refractivity contribution in [3.05, 3.63) is 0 Å². The van der Waals surface area contributed by atoms with E-state index < -0.39 is 0 Å². The molecule has 0 N–H and O–H groups in total. The second kappa shape index (κ2) is 7.51. The first-order valence-electron chi connectivity index (χ1n) is 9.12. The number of hydrogen-bond donors (Lipinski definition) is 0. The Morgan fingerprint density at radius 1 is 1.10 bits per heavy atom. The van der Waals surface area contributed by atoms with E-state index in [2.05, 4.69) is 50.3 Å². The van der Waals surface area contributed by atoms with Crippen molar-refractivity contribution in [3.8, 4) is 0 Å². The predicted octanol–water partition coefficient (Wildman–Crippen LogP) is 6.38. The molecule has 0 aliphatic heterocycles. The molecule has 0 aromatic carbocycles. The maximum atomic E-state index is 6.75. The summed E-state index contributed by atoms with van der Waals surface area (Å²) in [6.45, 7) is 9.56. The number of ether oxygens (including phenoxy) is 1. The van der Waals surface area contributed by atoms with Crippen LogP contribution in [0.3, 0.4) is 0 Å². The van der Waals surface area contributed by atoms with E-state index in [9.17, 15) is 0 Å². The third-order valence-electron chi connectivity index (χ3n) is 6.09. The van der Waals surface area contributed by atoms with Gasteiger partial charge in [0.25, 0.3) is 0 Å². The minimum atomic E-state index is 0.197. The van der Waals surface area contributed by atoms with Crippen molar-refractivity contribution in [2.75, 3.05) is 4.43 Å². The van der Waals surface area contributed by atoms with Gasteiger partial charge in [0.15, 0.2) is 0 Å². The monoisotopic (exact) mass is 406 g/mol. The Kier molecular flexibility index (Phi) is 6.45. The van der Waals surface area contributed by atoms with E-state index in [1.54, 1.807) is 0 Å². The Morgan fingerprint density at radius 3 is 2.29 bits per heavy atom. The lowest BCUT2D eigenvalue weighted by atomic mass is 9.68. The molecule has 1 nitrogen and oxygen atoms in total. The van der Waals surface area contributed by atoms with Crippen LogP contribution in [-0.2, 0) is 4.74 Å². The van der Waals surface area contributed by atoms with E-state index >= 15 is 0 Å². The third-order valence-corrected chi connectivity index (χ3v) is 7.48. The summed E-state index contributed by atoms with van der Waals surface area (Å²) in [4.78, 5) is 0. The first kappa shape index (κ1) is 18.0. The Bertz CT molecular complexity index is 312. The molecular formula is C19H35IO. The molecule has 21 heavy (non-hydrogen) atoms. The van der Waals surface area contributed by atoms with Gasteiger partial charge in [0.05, 0.1) is 11.7 Å². The van der Waals surface area contributed by atoms with E-state index in [1.165, 1.54) is 62.2 Å². The van der Waals surface area contributed by atoms with Gasteiger partial charge in [-0.15, -0.1) is 0 Å². The van der Waals surface area contributed by atoms with Crippen LogP contribution in [0.15, 0.2) is 0 Å². The molecule has 0 amide bonds. The minimum absolute atomic E-state index is 0.197. The summed E-state index contributed by atoms with van der Waals surface area (Å²) in [5.74, 6) is 1.80. The van der Waals surface area contributed by atoms with Crippen LogP contribution in [0.2, 0.25) is 0 Å². The van der Waals surface area contributed by atoms with Crippen molar-refractivity contribution < 1.29 is 4.74 Å². The lowest BCUT2D eigenvalue weighted by Gasteiger charge is -2.45. The van der Waals surface area contributed by atoms with Gasteiger partial charge in [-0.05, 0) is 55.8 Å². The van der Waals surface area contributed by atoms with Gasteiger partial charge in [0.1, 0.15) is 0 Å². The van der Waals surface area contributed by atoms with Crippen LogP contribution in [0.25, 0.3) is 0 Å². The minimum Gasteiger partial charge on any atom is -0.371 e. The van der Waals surface area contributed by atoms with E-state index in [0.717, 1.165) is 11.8 Å². The average molecular weight is 406 g/mol. The highest BCUT2D eigenvalue weighted by molar-refractivity contribution is 14.1. The van der Waals surface area contributed by atoms with E-state index in [4.69, 9.17) is 4.74 Å². The Balaban J connectivity index is 1.91. The molecule has 0 aromatic rings. The average Bonchev–Trinajstić information content (AvgIpc) is 2.47. The van der Waals surface area contributed by atoms with Gasteiger partial charge in [-0.2, -0.15) is 0 Å². The number of alkyl halides is 1. The van der Waals surface area contributed by atoms with Gasteiger partial charge in [-0.1, -0.05) is 69.5 Å². The topological polar surface area (TPSA) is 9.23 Å². The van der Waals surface area contributed by atoms with Gasteiger partial charge in [-0.3, -0.25) is 0 Å². The molecule has 0 heterocycles. The largest absolute Gasteiger partial charge is 0.371 e. The van der Waals surface area contributed by atoms with Gasteiger partial charge >= 0.3 is 0 Å². The quantitative estimate of drug-likeness (QED) is 0.389. The van der Waals surface area contributed by atoms with Gasteiger partial charge in [0, 0.05) is 4.43 Å². The molecule has 2 rings (SSSR count). The van der Waals surface area contributed by atoms with Gasteiger partial charge < -0.3 is 4.74 Å². The van der Waals surface area contributed by atoms with Crippen molar-refractivity contribution in [2.45, 2.75) is 97.2 Å². The summed E-state index contributed by atoms with van der Waals surface area (Å²) >= 11 is 2.57. The van der Waals surface area contributed by atoms with Crippen LogP contribution in [-0.4, -0.2) is 16.1 Å². The van der Waals surface area contributed by atoms with Crippen LogP contribution in [0.1, 0.15) is 85.5 Å². The number of hydrogen-bond acceptors (Lipinski definition) is 1. The SMILES string of the molecule is CCC1CCCC(OC2(CI)CCC(C(C)(C)C)CC2)C1. The normalized spacial score (nSPS) is 38.4. The summed E-state index contributed by atoms with van der Waals surface area (Å²) in [5.41, 5.74) is 0.665. The van der Waals surface area contributed by atoms with Crippen LogP contribution < -0.4 is 0 Å². The molecule has 2 aliphatic rings.